The van der Waals surface area contributed by atoms with Gasteiger partial charge in [0.05, 0.1) is 0 Å². The van der Waals surface area contributed by atoms with Crippen molar-refractivity contribution in [2.45, 2.75) is 0 Å². The quantitative estimate of drug-likeness (QED) is 0.353. The molecular formula is H11Al2FeOP2SiTi. The number of hydrogen-bond acceptors (Lipinski definition) is 1. The van der Waals surface area contributed by atoms with Gasteiger partial charge in [-0.05, 0) is 0 Å². The van der Waals surface area contributed by atoms with E-state index in [9.17, 15) is 0 Å². The fourth-order valence-electron chi connectivity index (χ4n) is 0. The molecule has 8 heteroatoms. The molecule has 0 spiro atoms. The van der Waals surface area contributed by atoms with Crippen molar-refractivity contribution < 1.29 is 43.2 Å². The van der Waals surface area contributed by atoms with Gasteiger partial charge in [-0.15, -0.1) is 0 Å². The predicted octanol–water partition coefficient (Wildman–Crippen LogP) is -2.49. The summed E-state index contributed by atoms with van der Waals surface area (Å²) in [4.78, 5) is 0. The van der Waals surface area contributed by atoms with Gasteiger partial charge >= 0.3 is 0 Å². The van der Waals surface area contributed by atoms with Gasteiger partial charge in [0, 0.05) is 38.8 Å². The summed E-state index contributed by atoms with van der Waals surface area (Å²) in [6.07, 6.45) is 0. The summed E-state index contributed by atoms with van der Waals surface area (Å²) in [5.74, 6) is 0. The molecule has 2 atom stereocenters. The minimum Gasteiger partial charge on any atom is -0.387 e. The molecule has 0 aromatic rings. The molecule has 8 heavy (non-hydrogen) atoms. The SMILES string of the molecule is O=[SiH]P.P.[AlH2].[AlH3].[Fe].[Ti]. The van der Waals surface area contributed by atoms with Crippen molar-refractivity contribution in [2.75, 3.05) is 0 Å². The summed E-state index contributed by atoms with van der Waals surface area (Å²) in [6, 6.07) is 0. The van der Waals surface area contributed by atoms with E-state index in [0.29, 0.717) is 0 Å². The van der Waals surface area contributed by atoms with Crippen molar-refractivity contribution in [1.82, 2.24) is 0 Å². The Bertz CT molecular complexity index is 27.5. The van der Waals surface area contributed by atoms with E-state index < -0.39 is 9.07 Å². The second-order valence-corrected chi connectivity index (χ2v) is 1.22. The fraction of sp³-hybridized carbons (Fsp3) is 0. The van der Waals surface area contributed by atoms with E-state index in [0.717, 1.165) is 0 Å². The first kappa shape index (κ1) is 43.2. The molecule has 0 aromatic heterocycles. The molecule has 0 rings (SSSR count). The average molecular weight is 275 g/mol. The Morgan fingerprint density at radius 2 is 1.38 bits per heavy atom. The fourth-order valence-corrected chi connectivity index (χ4v) is 0. The summed E-state index contributed by atoms with van der Waals surface area (Å²) in [5.41, 5.74) is 0. The first-order valence-electron chi connectivity index (χ1n) is 0.569. The number of rotatable bonds is 0. The second-order valence-electron chi connectivity index (χ2n) is 0.136. The normalized spacial score (nSPS) is 1.62. The van der Waals surface area contributed by atoms with Crippen LogP contribution in [-0.2, 0) is 43.2 Å². The third-order valence-electron chi connectivity index (χ3n) is 0. The first-order chi connectivity index (χ1) is 1.41. The molecule has 0 fully saturated rings. The van der Waals surface area contributed by atoms with Gasteiger partial charge in [0.25, 0.3) is 9.07 Å². The molecular weight excluding hydrogens is 264 g/mol. The van der Waals surface area contributed by atoms with Gasteiger partial charge in [0.15, 0.2) is 17.4 Å². The Labute approximate surface area is 104 Å². The van der Waals surface area contributed by atoms with E-state index in [1.165, 1.54) is 0 Å². The van der Waals surface area contributed by atoms with Crippen molar-refractivity contribution in [3.8, 4) is 0 Å². The van der Waals surface area contributed by atoms with Crippen LogP contribution in [0, 0.1) is 0 Å². The number of hydrogen-bond donors (Lipinski definition) is 0. The van der Waals surface area contributed by atoms with Gasteiger partial charge in [0.2, 0.25) is 0 Å². The average Bonchev–Trinajstić information content (AvgIpc) is 0.918. The largest absolute Gasteiger partial charge is 0.387 e. The molecule has 1 nitrogen and oxygen atoms in total. The van der Waals surface area contributed by atoms with E-state index in [-0.39, 0.29) is 83.4 Å². The monoisotopic (exact) mass is 275 g/mol. The van der Waals surface area contributed by atoms with Crippen LogP contribution in [0.1, 0.15) is 0 Å². The molecule has 0 heterocycles. The van der Waals surface area contributed by atoms with E-state index in [2.05, 4.69) is 8.79 Å². The zero-order valence-electron chi connectivity index (χ0n) is 4.12. The maximum absolute atomic E-state index is 8.98. The van der Waals surface area contributed by atoms with Gasteiger partial charge in [-0.25, -0.2) is 0 Å². The van der Waals surface area contributed by atoms with Gasteiger partial charge in [-0.3, -0.25) is 0 Å². The predicted molar refractivity (Wildman–Crippen MR) is 47.1 cm³/mol. The Morgan fingerprint density at radius 3 is 1.38 bits per heavy atom. The summed E-state index contributed by atoms with van der Waals surface area (Å²) < 4.78 is 8.98. The van der Waals surface area contributed by atoms with Gasteiger partial charge in [-0.1, -0.05) is 8.79 Å². The van der Waals surface area contributed by atoms with Crippen LogP contribution in [0.2, 0.25) is 0 Å². The maximum Gasteiger partial charge on any atom is 0.282 e. The molecule has 0 saturated heterocycles. The second kappa shape index (κ2) is 49.1. The van der Waals surface area contributed by atoms with Gasteiger partial charge < -0.3 is 4.46 Å². The minimum atomic E-state index is -0.583. The molecule has 0 aliphatic rings. The van der Waals surface area contributed by atoms with Crippen LogP contribution in [-0.4, -0.2) is 43.8 Å². The van der Waals surface area contributed by atoms with Crippen molar-refractivity contribution in [2.24, 2.45) is 0 Å². The summed E-state index contributed by atoms with van der Waals surface area (Å²) in [7, 11) is 1.52. The maximum atomic E-state index is 8.98. The van der Waals surface area contributed by atoms with Crippen LogP contribution < -0.4 is 0 Å². The molecule has 0 N–H and O–H groups in total. The topological polar surface area (TPSA) is 17.1 Å². The van der Waals surface area contributed by atoms with Gasteiger partial charge in [-0.2, -0.15) is 9.90 Å². The Hall–Kier alpha value is 3.18. The van der Waals surface area contributed by atoms with E-state index in [1.807, 2.05) is 0 Å². The molecule has 2 unspecified atom stereocenters. The molecule has 0 aromatic carbocycles. The Kier molecular flexibility index (Phi) is 265. The van der Waals surface area contributed by atoms with Crippen molar-refractivity contribution in [3.63, 3.8) is 0 Å². The van der Waals surface area contributed by atoms with Crippen LogP contribution in [0.5, 0.6) is 0 Å². The van der Waals surface area contributed by atoms with Crippen LogP contribution >= 0.6 is 18.7 Å². The van der Waals surface area contributed by atoms with Crippen molar-refractivity contribution >= 4 is 62.5 Å². The summed E-state index contributed by atoms with van der Waals surface area (Å²) >= 11 is 0. The molecule has 0 saturated carbocycles. The van der Waals surface area contributed by atoms with Crippen molar-refractivity contribution in [3.05, 3.63) is 0 Å². The zero-order valence-corrected chi connectivity index (χ0v) is 12.5. The van der Waals surface area contributed by atoms with Crippen molar-refractivity contribution in [1.29, 1.82) is 0 Å². The molecule has 0 amide bonds. The van der Waals surface area contributed by atoms with Crippen LogP contribution in [0.15, 0.2) is 0 Å². The van der Waals surface area contributed by atoms with Crippen LogP contribution in [0.3, 0.4) is 0 Å². The first-order valence-corrected chi connectivity index (χ1v) is 3.71. The molecule has 0 aliphatic carbocycles. The van der Waals surface area contributed by atoms with Crippen LogP contribution in [0.4, 0.5) is 0 Å². The standard InChI is InChI=1S/2Al.Fe.H3OPSi.H3P.Ti.5H/c;;;1-3-2;;;;;;;/h;;;3H,2H2;1H3;;;;;;. The van der Waals surface area contributed by atoms with E-state index in [4.69, 9.17) is 4.46 Å². The molecule has 49 valence electrons. The van der Waals surface area contributed by atoms with Gasteiger partial charge in [0.1, 0.15) is 17.4 Å². The van der Waals surface area contributed by atoms with E-state index >= 15 is 0 Å². The Morgan fingerprint density at radius 1 is 1.38 bits per heavy atom. The molecule has 0 bridgehead atoms. The Balaban J connectivity index is -0.00000000200. The minimum absolute atomic E-state index is 0. The molecule has 1 radical (unpaired) electrons. The molecule has 0 aliphatic heterocycles. The summed E-state index contributed by atoms with van der Waals surface area (Å²) in [6.45, 7) is 0. The van der Waals surface area contributed by atoms with Crippen LogP contribution in [0.25, 0.3) is 0 Å². The van der Waals surface area contributed by atoms with E-state index in [1.54, 1.807) is 0 Å². The smallest absolute Gasteiger partial charge is 0.282 e. The third-order valence-corrected chi connectivity index (χ3v) is 0. The third kappa shape index (κ3) is 60.8. The summed E-state index contributed by atoms with van der Waals surface area (Å²) in [5, 5.41) is 0. The zero-order chi connectivity index (χ0) is 2.71.